The minimum absolute atomic E-state index is 0.122. The van der Waals surface area contributed by atoms with Crippen molar-refractivity contribution in [3.63, 3.8) is 0 Å². The highest BCUT2D eigenvalue weighted by molar-refractivity contribution is 7.92. The summed E-state index contributed by atoms with van der Waals surface area (Å²) in [5.74, 6) is -0.233. The smallest absolute Gasteiger partial charge is 0.317 e. The van der Waals surface area contributed by atoms with Gasteiger partial charge in [-0.05, 0) is 56.2 Å². The summed E-state index contributed by atoms with van der Waals surface area (Å²) in [6.45, 7) is 3.03. The fourth-order valence-electron chi connectivity index (χ4n) is 4.23. The van der Waals surface area contributed by atoms with Crippen molar-refractivity contribution in [1.82, 2.24) is 20.2 Å². The van der Waals surface area contributed by atoms with Crippen LogP contribution in [0.5, 0.6) is 0 Å². The van der Waals surface area contributed by atoms with E-state index in [0.29, 0.717) is 43.1 Å². The molecule has 0 bridgehead atoms. The molecule has 10 heteroatoms. The van der Waals surface area contributed by atoms with Gasteiger partial charge in [-0.3, -0.25) is 9.78 Å². The second-order valence-electron chi connectivity index (χ2n) is 8.79. The van der Waals surface area contributed by atoms with Crippen molar-refractivity contribution in [2.75, 3.05) is 25.5 Å². The Morgan fingerprint density at radius 3 is 2.45 bits per heavy atom. The van der Waals surface area contributed by atoms with Gasteiger partial charge in [0.05, 0.1) is 34.2 Å². The predicted molar refractivity (Wildman–Crippen MR) is 124 cm³/mol. The average molecular weight is 472 g/mol. The number of hydrogen-bond acceptors (Lipinski definition) is 6. The van der Waals surface area contributed by atoms with E-state index in [1.807, 2.05) is 6.92 Å². The molecule has 4 rings (SSSR count). The standard InChI is InChI=1S/C23H29N5O4S/c1-15-12-26-21(13-25-15)27-22(29)20(11-16-9-10-28(14-16)23(30)24-2)17-3-5-18(6-4-17)33(31,32)19-7-8-19/h3-6,12-13,16,19-20H,7-11,14H2,1-2H3,(H,24,30)(H,26,27,29)/t16-,20-/m1/s1. The summed E-state index contributed by atoms with van der Waals surface area (Å²) in [7, 11) is -1.69. The summed E-state index contributed by atoms with van der Waals surface area (Å²) in [6.07, 6.45) is 5.84. The Kier molecular flexibility index (Phi) is 6.64. The van der Waals surface area contributed by atoms with Crippen LogP contribution in [0, 0.1) is 12.8 Å². The first-order valence-electron chi connectivity index (χ1n) is 11.2. The number of aryl methyl sites for hydroxylation is 1. The fraction of sp³-hybridized carbons (Fsp3) is 0.478. The molecular weight excluding hydrogens is 442 g/mol. The molecule has 1 aromatic heterocycles. The zero-order valence-electron chi connectivity index (χ0n) is 18.8. The molecule has 2 heterocycles. The largest absolute Gasteiger partial charge is 0.341 e. The molecule has 176 valence electrons. The van der Waals surface area contributed by atoms with Gasteiger partial charge in [-0.2, -0.15) is 0 Å². The molecule has 1 aliphatic carbocycles. The molecule has 1 aromatic carbocycles. The first-order chi connectivity index (χ1) is 15.8. The Morgan fingerprint density at radius 2 is 1.85 bits per heavy atom. The lowest BCUT2D eigenvalue weighted by Crippen LogP contribution is -2.36. The molecule has 0 unspecified atom stereocenters. The van der Waals surface area contributed by atoms with Crippen LogP contribution in [-0.2, 0) is 14.6 Å². The normalized spacial score (nSPS) is 19.2. The number of benzene rings is 1. The van der Waals surface area contributed by atoms with Crippen LogP contribution in [0.4, 0.5) is 10.6 Å². The summed E-state index contributed by atoms with van der Waals surface area (Å²) in [5, 5.41) is 5.20. The number of aromatic nitrogens is 2. The summed E-state index contributed by atoms with van der Waals surface area (Å²) < 4.78 is 25.1. The molecule has 9 nitrogen and oxygen atoms in total. The van der Waals surface area contributed by atoms with Gasteiger partial charge >= 0.3 is 6.03 Å². The maximum atomic E-state index is 13.3. The number of likely N-dealkylation sites (tertiary alicyclic amines) is 1. The SMILES string of the molecule is CNC(=O)N1CC[C@H](C[C@@H](C(=O)Nc2cnc(C)cn2)c2ccc(S(=O)(=O)C3CC3)cc2)C1. The third-order valence-electron chi connectivity index (χ3n) is 6.28. The van der Waals surface area contributed by atoms with E-state index in [-0.39, 0.29) is 23.1 Å². The quantitative estimate of drug-likeness (QED) is 0.640. The summed E-state index contributed by atoms with van der Waals surface area (Å²) in [4.78, 5) is 35.7. The summed E-state index contributed by atoms with van der Waals surface area (Å²) in [5.41, 5.74) is 1.48. The van der Waals surface area contributed by atoms with Crippen molar-refractivity contribution in [2.45, 2.75) is 48.7 Å². The highest BCUT2D eigenvalue weighted by atomic mass is 32.2. The number of anilines is 1. The van der Waals surface area contributed by atoms with E-state index in [1.54, 1.807) is 42.4 Å². The van der Waals surface area contributed by atoms with Gasteiger partial charge in [0.2, 0.25) is 5.91 Å². The number of nitrogens with one attached hydrogen (secondary N) is 2. The van der Waals surface area contributed by atoms with E-state index in [1.165, 1.54) is 6.20 Å². The van der Waals surface area contributed by atoms with Crippen LogP contribution < -0.4 is 10.6 Å². The lowest BCUT2D eigenvalue weighted by Gasteiger charge is -2.21. The second-order valence-corrected chi connectivity index (χ2v) is 11.0. The van der Waals surface area contributed by atoms with E-state index in [2.05, 4.69) is 20.6 Å². The Morgan fingerprint density at radius 1 is 1.12 bits per heavy atom. The summed E-state index contributed by atoms with van der Waals surface area (Å²) in [6, 6.07) is 6.53. The molecule has 2 fully saturated rings. The van der Waals surface area contributed by atoms with Crippen LogP contribution in [-0.4, -0.2) is 60.6 Å². The average Bonchev–Trinajstić information content (AvgIpc) is 3.58. The number of amides is 3. The Labute approximate surface area is 193 Å². The third kappa shape index (κ3) is 5.32. The topological polar surface area (TPSA) is 121 Å². The molecule has 1 aliphatic heterocycles. The van der Waals surface area contributed by atoms with Crippen LogP contribution >= 0.6 is 0 Å². The molecule has 1 saturated carbocycles. The van der Waals surface area contributed by atoms with Gasteiger partial charge in [0.1, 0.15) is 0 Å². The molecule has 3 amide bonds. The van der Waals surface area contributed by atoms with Gasteiger partial charge in [0, 0.05) is 20.1 Å². The Balaban J connectivity index is 1.54. The fourth-order valence-corrected chi connectivity index (χ4v) is 5.88. The van der Waals surface area contributed by atoms with E-state index in [9.17, 15) is 18.0 Å². The minimum Gasteiger partial charge on any atom is -0.341 e. The van der Waals surface area contributed by atoms with E-state index >= 15 is 0 Å². The Hall–Kier alpha value is -3.01. The number of carbonyl (C=O) groups excluding carboxylic acids is 2. The third-order valence-corrected chi connectivity index (χ3v) is 8.56. The van der Waals surface area contributed by atoms with Gasteiger partial charge in [0.25, 0.3) is 0 Å². The molecule has 0 spiro atoms. The van der Waals surface area contributed by atoms with Crippen LogP contribution in [0.25, 0.3) is 0 Å². The molecule has 2 aliphatic rings. The highest BCUT2D eigenvalue weighted by Gasteiger charge is 2.37. The van der Waals surface area contributed by atoms with E-state index in [0.717, 1.165) is 17.7 Å². The number of hydrogen-bond donors (Lipinski definition) is 2. The van der Waals surface area contributed by atoms with Gasteiger partial charge < -0.3 is 15.5 Å². The van der Waals surface area contributed by atoms with Crippen LogP contribution in [0.2, 0.25) is 0 Å². The molecule has 2 aromatic rings. The first-order valence-corrected chi connectivity index (χ1v) is 12.7. The molecule has 33 heavy (non-hydrogen) atoms. The number of urea groups is 1. The maximum absolute atomic E-state index is 13.3. The first kappa shape index (κ1) is 23.2. The molecule has 2 N–H and O–H groups in total. The van der Waals surface area contributed by atoms with Crippen LogP contribution in [0.15, 0.2) is 41.6 Å². The number of sulfone groups is 1. The van der Waals surface area contributed by atoms with Gasteiger partial charge in [-0.25, -0.2) is 18.2 Å². The number of nitrogens with zero attached hydrogens (tertiary/aromatic N) is 3. The van der Waals surface area contributed by atoms with Crippen molar-refractivity contribution in [1.29, 1.82) is 0 Å². The Bertz CT molecular complexity index is 1110. The van der Waals surface area contributed by atoms with Crippen molar-refractivity contribution in [2.24, 2.45) is 5.92 Å². The second kappa shape index (κ2) is 9.46. The van der Waals surface area contributed by atoms with Crippen LogP contribution in [0.3, 0.4) is 0 Å². The lowest BCUT2D eigenvalue weighted by molar-refractivity contribution is -0.118. The van der Waals surface area contributed by atoms with Gasteiger partial charge in [0.15, 0.2) is 15.7 Å². The molecule has 0 radical (unpaired) electrons. The minimum atomic E-state index is -3.29. The van der Waals surface area contributed by atoms with Crippen molar-refractivity contribution in [3.05, 3.63) is 47.9 Å². The van der Waals surface area contributed by atoms with E-state index < -0.39 is 15.8 Å². The maximum Gasteiger partial charge on any atom is 0.317 e. The van der Waals surface area contributed by atoms with Crippen molar-refractivity contribution in [3.8, 4) is 0 Å². The highest BCUT2D eigenvalue weighted by Crippen LogP contribution is 2.35. The van der Waals surface area contributed by atoms with Gasteiger partial charge in [-0.1, -0.05) is 12.1 Å². The predicted octanol–water partition coefficient (Wildman–Crippen LogP) is 2.49. The van der Waals surface area contributed by atoms with E-state index in [4.69, 9.17) is 0 Å². The monoisotopic (exact) mass is 471 g/mol. The van der Waals surface area contributed by atoms with Crippen LogP contribution in [0.1, 0.15) is 42.9 Å². The molecule has 1 saturated heterocycles. The zero-order chi connectivity index (χ0) is 23.6. The molecule has 2 atom stereocenters. The lowest BCUT2D eigenvalue weighted by atomic mass is 9.87. The zero-order valence-corrected chi connectivity index (χ0v) is 19.6. The number of rotatable bonds is 7. The summed E-state index contributed by atoms with van der Waals surface area (Å²) >= 11 is 0. The number of carbonyl (C=O) groups is 2. The van der Waals surface area contributed by atoms with Crippen molar-refractivity contribution >= 4 is 27.6 Å². The van der Waals surface area contributed by atoms with Gasteiger partial charge in [-0.15, -0.1) is 0 Å². The van der Waals surface area contributed by atoms with Crippen molar-refractivity contribution < 1.29 is 18.0 Å². The molecular formula is C23H29N5O4S.